The number of rotatable bonds is 25. The normalized spacial score (nSPS) is 49.5. The smallest absolute Gasteiger partial charge is 0.217 e. The number of aliphatic hydroxyl groups excluding tert-OH is 23. The SMILES string of the molecule is CC(=O)N[C@H]1[C@H](O[C@@H]2[C@H](O)[C@@H](O[C@@H]3[C@H](O)[C@H](O[C@H]4[C@H](O)[C@@H](NC(C)=O)C(O)O[C@@H]4CO)O[C@H](CO[C@H]4O[C@H](CO[C@H]5O[C@H](CO)[C@@H](O)[C@H](O)[C@@H]5O)[C@@H](O)[C@H](O[C@H]5O[C@H](CO)[C@@H](O)[C@H](O)[C@@H]5O)[C@@H]4O)[C@H]3O[C@@H]3O[C@H](CO)[C@@H](O)[C@H](O)[C@H]3NC(C)=O)O[C@H](CO)[C@H]2O)O[C@H](CO)[C@@H](O)[C@@H]1O. The second-order valence-corrected chi connectivity index (χ2v) is 24.7. The lowest BCUT2D eigenvalue weighted by Crippen LogP contribution is -2.71. The molecule has 40 atom stereocenters. The van der Waals surface area contributed by atoms with Gasteiger partial charge in [0, 0.05) is 20.8 Å². The van der Waals surface area contributed by atoms with Gasteiger partial charge in [0.15, 0.2) is 50.3 Å². The van der Waals surface area contributed by atoms with Crippen LogP contribution in [0.5, 0.6) is 0 Å². The third-order valence-electron chi connectivity index (χ3n) is 17.8. The number of carbonyl (C=O) groups is 3. The van der Waals surface area contributed by atoms with Crippen molar-refractivity contribution in [2.75, 3.05) is 52.9 Å². The van der Waals surface area contributed by atoms with Crippen LogP contribution in [-0.2, 0) is 85.4 Å². The Morgan fingerprint density at radius 3 is 1.02 bits per heavy atom. The molecule has 0 saturated carbocycles. The largest absolute Gasteiger partial charge is 0.394 e. The van der Waals surface area contributed by atoms with E-state index in [1.165, 1.54) is 0 Å². The highest BCUT2D eigenvalue weighted by Gasteiger charge is 2.60. The Balaban J connectivity index is 1.22. The zero-order valence-electron chi connectivity index (χ0n) is 52.4. The van der Waals surface area contributed by atoms with Crippen LogP contribution >= 0.6 is 0 Å². The molecule has 3 amide bonds. The van der Waals surface area contributed by atoms with Crippen LogP contribution in [0.4, 0.5) is 0 Å². The number of hydrogen-bond acceptors (Lipinski definition) is 41. The average Bonchev–Trinajstić information content (AvgIpc) is 0.771. The number of aliphatic hydroxyl groups is 23. The van der Waals surface area contributed by atoms with E-state index >= 15 is 0 Å². The molecule has 0 radical (unpaired) electrons. The first-order chi connectivity index (χ1) is 46.3. The molecular weight excluding hydrogens is 1350 g/mol. The molecule has 44 nitrogen and oxygen atoms in total. The molecule has 8 fully saturated rings. The van der Waals surface area contributed by atoms with E-state index in [9.17, 15) is 132 Å². The standard InChI is InChI=1S/C54H91N3O41/c1-12(64)55-23-34(75)42(20(9-63)86-47(23)83)94-54-41(82)46(98-53-40(81)44(30(71)19(8-62)91-53)96-49-25(57-14(3)66)33(74)27(68)16(5-59)88-49)43(95-48-24(56-13(2)65)32(73)26(67)15(4-58)87-48)22(93-54)11-85-51-39(80)45(97-52-38(79)36(77)29(70)18(7-61)90-52)31(72)21(92-51)10-84-50-37(78)35(76)28(69)17(6-60)89-50/h15-54,58-63,67-83H,4-11H2,1-3H3,(H,55,64)(H,56,65)(H,57,66)/t15-,16-,17-,18-,19-,20-,21-,22-,23-,24-,25-,26-,27-,28-,29-,30-,31-,32-,33-,34-,35+,36+,37+,38+,39+,40+,41+,42-,43-,44+,45+,46-,47?,48+,49+,50+,51+,52-,53-,54+/m1/s1. The quantitative estimate of drug-likeness (QED) is 0.0404. The molecule has 8 aliphatic rings. The maximum Gasteiger partial charge on any atom is 0.217 e. The van der Waals surface area contributed by atoms with Crippen molar-refractivity contribution in [3.05, 3.63) is 0 Å². The molecular formula is C54H91N3O41. The van der Waals surface area contributed by atoms with Crippen molar-refractivity contribution in [2.45, 2.75) is 266 Å². The van der Waals surface area contributed by atoms with Crippen molar-refractivity contribution in [2.24, 2.45) is 0 Å². The molecule has 0 aliphatic carbocycles. The summed E-state index contributed by atoms with van der Waals surface area (Å²) in [4.78, 5) is 37.6. The molecule has 0 aromatic rings. The number of ether oxygens (including phenoxy) is 15. The fourth-order valence-corrected chi connectivity index (χ4v) is 12.5. The Morgan fingerprint density at radius 1 is 0.265 bits per heavy atom. The van der Waals surface area contributed by atoms with Crippen molar-refractivity contribution in [3.8, 4) is 0 Å². The van der Waals surface area contributed by atoms with Crippen LogP contribution in [0.1, 0.15) is 20.8 Å². The van der Waals surface area contributed by atoms with E-state index in [1.807, 2.05) is 0 Å². The van der Waals surface area contributed by atoms with Gasteiger partial charge in [-0.3, -0.25) is 14.4 Å². The monoisotopic (exact) mass is 1440 g/mol. The van der Waals surface area contributed by atoms with Crippen LogP contribution < -0.4 is 16.0 Å². The molecule has 0 aromatic carbocycles. The minimum Gasteiger partial charge on any atom is -0.394 e. The lowest BCUT2D eigenvalue weighted by atomic mass is 9.94. The van der Waals surface area contributed by atoms with E-state index in [1.54, 1.807) is 0 Å². The van der Waals surface area contributed by atoms with Crippen molar-refractivity contribution in [1.82, 2.24) is 16.0 Å². The summed E-state index contributed by atoms with van der Waals surface area (Å²) in [6.07, 6.45) is -77.4. The van der Waals surface area contributed by atoms with E-state index < -0.39 is 316 Å². The molecule has 8 aliphatic heterocycles. The fraction of sp³-hybridized carbons (Fsp3) is 0.944. The highest BCUT2D eigenvalue weighted by Crippen LogP contribution is 2.39. The second kappa shape index (κ2) is 35.1. The van der Waals surface area contributed by atoms with Crippen LogP contribution in [0, 0.1) is 0 Å². The molecule has 0 aromatic heterocycles. The molecule has 0 spiro atoms. The molecule has 8 heterocycles. The van der Waals surface area contributed by atoms with Crippen LogP contribution in [-0.4, -0.2) is 433 Å². The van der Waals surface area contributed by atoms with Crippen LogP contribution in [0.15, 0.2) is 0 Å². The number of carbonyl (C=O) groups excluding carboxylic acids is 3. The summed E-state index contributed by atoms with van der Waals surface area (Å²) in [5.41, 5.74) is 0. The van der Waals surface area contributed by atoms with Crippen molar-refractivity contribution < 1.29 is 203 Å². The van der Waals surface area contributed by atoms with E-state index in [-0.39, 0.29) is 0 Å². The molecule has 0 bridgehead atoms. The average molecular weight is 1440 g/mol. The predicted octanol–water partition coefficient (Wildman–Crippen LogP) is -18.0. The van der Waals surface area contributed by atoms with E-state index in [0.29, 0.717) is 0 Å². The summed E-state index contributed by atoms with van der Waals surface area (Å²) in [6, 6.07) is -5.44. The molecule has 568 valence electrons. The summed E-state index contributed by atoms with van der Waals surface area (Å²) in [5, 5.41) is 260. The topological polar surface area (TPSA) is 691 Å². The van der Waals surface area contributed by atoms with Crippen LogP contribution in [0.25, 0.3) is 0 Å². The molecule has 98 heavy (non-hydrogen) atoms. The van der Waals surface area contributed by atoms with Gasteiger partial charge in [-0.25, -0.2) is 0 Å². The van der Waals surface area contributed by atoms with Crippen molar-refractivity contribution in [3.63, 3.8) is 0 Å². The van der Waals surface area contributed by atoms with Gasteiger partial charge in [-0.1, -0.05) is 0 Å². The molecule has 8 rings (SSSR count). The molecule has 8 saturated heterocycles. The Bertz CT molecular complexity index is 2510. The van der Waals surface area contributed by atoms with Gasteiger partial charge >= 0.3 is 0 Å². The van der Waals surface area contributed by atoms with Gasteiger partial charge in [0.1, 0.15) is 195 Å². The van der Waals surface area contributed by atoms with Gasteiger partial charge in [-0.15, -0.1) is 0 Å². The lowest BCUT2D eigenvalue weighted by Gasteiger charge is -2.51. The lowest BCUT2D eigenvalue weighted by molar-refractivity contribution is -0.402. The predicted molar refractivity (Wildman–Crippen MR) is 299 cm³/mol. The van der Waals surface area contributed by atoms with Crippen LogP contribution in [0.3, 0.4) is 0 Å². The van der Waals surface area contributed by atoms with E-state index in [2.05, 4.69) is 16.0 Å². The van der Waals surface area contributed by atoms with Gasteiger partial charge in [0.25, 0.3) is 0 Å². The highest BCUT2D eigenvalue weighted by molar-refractivity contribution is 5.74. The summed E-state index contributed by atoms with van der Waals surface area (Å²) < 4.78 is 88.7. The minimum absolute atomic E-state index is 0.850. The van der Waals surface area contributed by atoms with Gasteiger partial charge in [0.2, 0.25) is 17.7 Å². The summed E-state index contributed by atoms with van der Waals surface area (Å²) >= 11 is 0. The van der Waals surface area contributed by atoms with Gasteiger partial charge in [-0.2, -0.15) is 0 Å². The van der Waals surface area contributed by atoms with E-state index in [0.717, 1.165) is 20.8 Å². The van der Waals surface area contributed by atoms with Gasteiger partial charge in [0.05, 0.1) is 52.9 Å². The highest BCUT2D eigenvalue weighted by atomic mass is 16.8. The van der Waals surface area contributed by atoms with Crippen LogP contribution in [0.2, 0.25) is 0 Å². The molecule has 1 unspecified atom stereocenters. The Hall–Kier alpha value is -3.11. The third kappa shape index (κ3) is 17.6. The number of hydrogen-bond donors (Lipinski definition) is 26. The Morgan fingerprint density at radius 2 is 0.561 bits per heavy atom. The minimum atomic E-state index is -2.56. The van der Waals surface area contributed by atoms with Gasteiger partial charge < -0.3 is 204 Å². The van der Waals surface area contributed by atoms with Crippen molar-refractivity contribution >= 4 is 17.7 Å². The summed E-state index contributed by atoms with van der Waals surface area (Å²) in [5.74, 6) is -2.63. The number of nitrogens with one attached hydrogen (secondary N) is 3. The first-order valence-corrected chi connectivity index (χ1v) is 31.1. The fourth-order valence-electron chi connectivity index (χ4n) is 12.5. The third-order valence-corrected chi connectivity index (χ3v) is 17.8. The first-order valence-electron chi connectivity index (χ1n) is 31.1. The first kappa shape index (κ1) is 80.6. The second-order valence-electron chi connectivity index (χ2n) is 24.7. The maximum absolute atomic E-state index is 12.8. The molecule has 26 N–H and O–H groups in total. The number of amides is 3. The Kier molecular flexibility index (Phi) is 28.9. The van der Waals surface area contributed by atoms with Crippen molar-refractivity contribution in [1.29, 1.82) is 0 Å². The van der Waals surface area contributed by atoms with E-state index in [4.69, 9.17) is 71.1 Å². The maximum atomic E-state index is 12.8. The zero-order chi connectivity index (χ0) is 72.2. The van der Waals surface area contributed by atoms with Gasteiger partial charge in [-0.05, 0) is 0 Å². The zero-order valence-corrected chi connectivity index (χ0v) is 52.4. The molecule has 44 heteroatoms. The Labute approximate surface area is 554 Å². The summed E-state index contributed by atoms with van der Waals surface area (Å²) in [6.45, 7) is -5.63. The summed E-state index contributed by atoms with van der Waals surface area (Å²) in [7, 11) is 0.